The molecule has 1 amide bonds. The Bertz CT molecular complexity index is 967. The summed E-state index contributed by atoms with van der Waals surface area (Å²) >= 11 is 0. The second-order valence-corrected chi connectivity index (χ2v) is 7.60. The lowest BCUT2D eigenvalue weighted by Gasteiger charge is -2.28. The summed E-state index contributed by atoms with van der Waals surface area (Å²) in [5, 5.41) is 2.94. The number of hydrogen-bond acceptors (Lipinski definition) is 4. The van der Waals surface area contributed by atoms with E-state index in [2.05, 4.69) is 46.6 Å². The van der Waals surface area contributed by atoms with Crippen LogP contribution in [0.1, 0.15) is 16.7 Å². The largest absolute Gasteiger partial charge is 0.483 e. The van der Waals surface area contributed by atoms with Crippen LogP contribution in [0, 0.1) is 0 Å². The third kappa shape index (κ3) is 6.09. The minimum atomic E-state index is -0.133. The zero-order valence-electron chi connectivity index (χ0n) is 17.6. The molecule has 0 aliphatic carbocycles. The highest BCUT2D eigenvalue weighted by atomic mass is 16.5. The molecule has 31 heavy (non-hydrogen) atoms. The van der Waals surface area contributed by atoms with Crippen molar-refractivity contribution in [1.29, 1.82) is 0 Å². The minimum absolute atomic E-state index is 0.00232. The van der Waals surface area contributed by atoms with Crippen molar-refractivity contribution in [1.82, 2.24) is 5.32 Å². The SMILES string of the molecule is O=C(COc1ccccc1Cc1ccccc1)NCc1ccc(N2CCOCC2)cc1. The lowest BCUT2D eigenvalue weighted by Crippen LogP contribution is -2.36. The van der Waals surface area contributed by atoms with E-state index >= 15 is 0 Å². The molecule has 5 heteroatoms. The number of nitrogens with zero attached hydrogens (tertiary/aromatic N) is 1. The number of carbonyl (C=O) groups is 1. The second kappa shape index (κ2) is 10.6. The van der Waals surface area contributed by atoms with E-state index in [1.54, 1.807) is 0 Å². The third-order valence-corrected chi connectivity index (χ3v) is 5.37. The van der Waals surface area contributed by atoms with E-state index in [4.69, 9.17) is 9.47 Å². The first kappa shape index (κ1) is 20.9. The summed E-state index contributed by atoms with van der Waals surface area (Å²) < 4.78 is 11.2. The van der Waals surface area contributed by atoms with Crippen LogP contribution in [0.3, 0.4) is 0 Å². The van der Waals surface area contributed by atoms with E-state index < -0.39 is 0 Å². The molecule has 0 saturated carbocycles. The molecule has 0 spiro atoms. The highest BCUT2D eigenvalue weighted by Gasteiger charge is 2.11. The number of para-hydroxylation sites is 1. The molecule has 0 atom stereocenters. The molecule has 4 rings (SSSR count). The van der Waals surface area contributed by atoms with E-state index in [-0.39, 0.29) is 12.5 Å². The van der Waals surface area contributed by atoms with Crippen LogP contribution in [0.15, 0.2) is 78.9 Å². The van der Waals surface area contributed by atoms with Gasteiger partial charge in [-0.3, -0.25) is 4.79 Å². The summed E-state index contributed by atoms with van der Waals surface area (Å²) in [7, 11) is 0. The first-order valence-electron chi connectivity index (χ1n) is 10.7. The maximum atomic E-state index is 12.3. The molecule has 3 aromatic carbocycles. The smallest absolute Gasteiger partial charge is 0.258 e. The van der Waals surface area contributed by atoms with Gasteiger partial charge in [0.25, 0.3) is 5.91 Å². The van der Waals surface area contributed by atoms with E-state index in [1.165, 1.54) is 11.3 Å². The molecule has 3 aromatic rings. The van der Waals surface area contributed by atoms with Crippen LogP contribution < -0.4 is 15.0 Å². The number of carbonyl (C=O) groups excluding carboxylic acids is 1. The standard InChI is InChI=1S/C26H28N2O3/c29-26(27-19-22-10-12-24(13-11-22)28-14-16-30-17-15-28)20-31-25-9-5-4-8-23(25)18-21-6-2-1-3-7-21/h1-13H,14-20H2,(H,27,29). The maximum absolute atomic E-state index is 12.3. The van der Waals surface area contributed by atoms with Crippen LogP contribution in [-0.2, 0) is 22.5 Å². The van der Waals surface area contributed by atoms with Gasteiger partial charge in [-0.25, -0.2) is 0 Å². The van der Waals surface area contributed by atoms with Crippen molar-refractivity contribution in [2.24, 2.45) is 0 Å². The monoisotopic (exact) mass is 416 g/mol. The van der Waals surface area contributed by atoms with E-state index in [0.29, 0.717) is 6.54 Å². The van der Waals surface area contributed by atoms with Crippen LogP contribution in [0.4, 0.5) is 5.69 Å². The van der Waals surface area contributed by atoms with Gasteiger partial charge in [0.05, 0.1) is 13.2 Å². The van der Waals surface area contributed by atoms with Gasteiger partial charge in [-0.1, -0.05) is 60.7 Å². The molecule has 1 aliphatic rings. The first-order valence-corrected chi connectivity index (χ1v) is 10.7. The molecule has 0 radical (unpaired) electrons. The van der Waals surface area contributed by atoms with Gasteiger partial charge < -0.3 is 19.7 Å². The van der Waals surface area contributed by atoms with Crippen LogP contribution in [-0.4, -0.2) is 38.8 Å². The number of nitrogens with one attached hydrogen (secondary N) is 1. The number of anilines is 1. The highest BCUT2D eigenvalue weighted by Crippen LogP contribution is 2.21. The van der Waals surface area contributed by atoms with Crippen molar-refractivity contribution in [3.63, 3.8) is 0 Å². The van der Waals surface area contributed by atoms with Gasteiger partial charge in [0.2, 0.25) is 0 Å². The van der Waals surface area contributed by atoms with Gasteiger partial charge in [0.15, 0.2) is 6.61 Å². The summed E-state index contributed by atoms with van der Waals surface area (Å²) in [5.41, 5.74) is 4.54. The van der Waals surface area contributed by atoms with Gasteiger partial charge >= 0.3 is 0 Å². The molecule has 1 N–H and O–H groups in total. The number of rotatable bonds is 8. The summed E-state index contributed by atoms with van der Waals surface area (Å²) in [6.07, 6.45) is 0.772. The number of ether oxygens (including phenoxy) is 2. The van der Waals surface area contributed by atoms with Crippen molar-refractivity contribution in [3.05, 3.63) is 95.6 Å². The minimum Gasteiger partial charge on any atom is -0.483 e. The van der Waals surface area contributed by atoms with Gasteiger partial charge in [0, 0.05) is 31.7 Å². The topological polar surface area (TPSA) is 50.8 Å². The van der Waals surface area contributed by atoms with E-state index in [9.17, 15) is 4.79 Å². The van der Waals surface area contributed by atoms with Gasteiger partial charge in [-0.15, -0.1) is 0 Å². The van der Waals surface area contributed by atoms with Crippen molar-refractivity contribution >= 4 is 11.6 Å². The van der Waals surface area contributed by atoms with Crippen molar-refractivity contribution in [3.8, 4) is 5.75 Å². The van der Waals surface area contributed by atoms with Crippen LogP contribution in [0.25, 0.3) is 0 Å². The van der Waals surface area contributed by atoms with Crippen molar-refractivity contribution < 1.29 is 14.3 Å². The van der Waals surface area contributed by atoms with Gasteiger partial charge in [0.1, 0.15) is 5.75 Å². The van der Waals surface area contributed by atoms with Crippen LogP contribution in [0.2, 0.25) is 0 Å². The molecular weight excluding hydrogens is 388 g/mol. The number of amides is 1. The Morgan fingerprint density at radius 2 is 1.58 bits per heavy atom. The quantitative estimate of drug-likeness (QED) is 0.607. The zero-order valence-corrected chi connectivity index (χ0v) is 17.6. The molecule has 1 aliphatic heterocycles. The van der Waals surface area contributed by atoms with Gasteiger partial charge in [-0.05, 0) is 34.9 Å². The average molecular weight is 417 g/mol. The molecule has 1 saturated heterocycles. The maximum Gasteiger partial charge on any atom is 0.258 e. The summed E-state index contributed by atoms with van der Waals surface area (Å²) in [5.74, 6) is 0.614. The fraction of sp³-hybridized carbons (Fsp3) is 0.269. The Kier molecular flexibility index (Phi) is 7.19. The number of benzene rings is 3. The lowest BCUT2D eigenvalue weighted by atomic mass is 10.0. The molecular formula is C26H28N2O3. The number of morpholine rings is 1. The first-order chi connectivity index (χ1) is 15.3. The Balaban J connectivity index is 1.26. The predicted octanol–water partition coefficient (Wildman–Crippen LogP) is 3.81. The summed E-state index contributed by atoms with van der Waals surface area (Å²) in [6.45, 7) is 3.85. The molecule has 1 fully saturated rings. The van der Waals surface area contributed by atoms with E-state index in [0.717, 1.165) is 49.6 Å². The Hall–Kier alpha value is -3.31. The molecule has 0 aromatic heterocycles. The van der Waals surface area contributed by atoms with Crippen molar-refractivity contribution in [2.75, 3.05) is 37.8 Å². The van der Waals surface area contributed by atoms with Crippen LogP contribution >= 0.6 is 0 Å². The molecule has 5 nitrogen and oxygen atoms in total. The summed E-state index contributed by atoms with van der Waals surface area (Å²) in [4.78, 5) is 14.6. The fourth-order valence-electron chi connectivity index (χ4n) is 3.65. The normalized spacial score (nSPS) is 13.6. The third-order valence-electron chi connectivity index (χ3n) is 5.37. The number of hydrogen-bond donors (Lipinski definition) is 1. The van der Waals surface area contributed by atoms with Crippen LogP contribution in [0.5, 0.6) is 5.75 Å². The zero-order chi connectivity index (χ0) is 21.3. The molecule has 0 bridgehead atoms. The Labute approximate surface area is 183 Å². The highest BCUT2D eigenvalue weighted by molar-refractivity contribution is 5.77. The van der Waals surface area contributed by atoms with Crippen molar-refractivity contribution in [2.45, 2.75) is 13.0 Å². The predicted molar refractivity (Wildman–Crippen MR) is 123 cm³/mol. The van der Waals surface area contributed by atoms with E-state index in [1.807, 2.05) is 42.5 Å². The summed E-state index contributed by atoms with van der Waals surface area (Å²) in [6, 6.07) is 26.4. The second-order valence-electron chi connectivity index (χ2n) is 7.60. The Morgan fingerprint density at radius 1 is 0.871 bits per heavy atom. The molecule has 160 valence electrons. The average Bonchev–Trinajstić information content (AvgIpc) is 2.84. The Morgan fingerprint density at radius 3 is 2.35 bits per heavy atom. The van der Waals surface area contributed by atoms with Gasteiger partial charge in [-0.2, -0.15) is 0 Å². The molecule has 1 heterocycles. The fourth-order valence-corrected chi connectivity index (χ4v) is 3.65. The lowest BCUT2D eigenvalue weighted by molar-refractivity contribution is -0.123. The molecule has 0 unspecified atom stereocenters.